The van der Waals surface area contributed by atoms with Gasteiger partial charge in [-0.3, -0.25) is 4.79 Å². The molecule has 2 N–H and O–H groups in total. The molecule has 0 bridgehead atoms. The summed E-state index contributed by atoms with van der Waals surface area (Å²) in [6.45, 7) is 4.71. The number of hydrogen-bond acceptors (Lipinski definition) is 3. The van der Waals surface area contributed by atoms with Gasteiger partial charge in [-0.15, -0.1) is 0 Å². The van der Waals surface area contributed by atoms with E-state index in [9.17, 15) is 4.79 Å². The lowest BCUT2D eigenvalue weighted by molar-refractivity contribution is -0.143. The van der Waals surface area contributed by atoms with Crippen molar-refractivity contribution in [1.82, 2.24) is 4.90 Å². The Morgan fingerprint density at radius 2 is 2.05 bits per heavy atom. The first kappa shape index (κ1) is 17.0. The Morgan fingerprint density at radius 3 is 2.59 bits per heavy atom. The van der Waals surface area contributed by atoms with Crippen LogP contribution in [0.4, 0.5) is 0 Å². The molecule has 1 aliphatic rings. The van der Waals surface area contributed by atoms with Crippen molar-refractivity contribution in [2.24, 2.45) is 5.73 Å². The molecule has 1 aromatic rings. The summed E-state index contributed by atoms with van der Waals surface area (Å²) in [5, 5.41) is 0. The zero-order valence-corrected chi connectivity index (χ0v) is 13.9. The Hall–Kier alpha value is -1.39. The number of ether oxygens (including phenoxy) is 1. The van der Waals surface area contributed by atoms with E-state index in [2.05, 4.69) is 38.1 Å². The number of carbonyl (C=O) groups excluding carboxylic acids is 1. The van der Waals surface area contributed by atoms with Gasteiger partial charge < -0.3 is 15.4 Å². The molecule has 1 amide bonds. The summed E-state index contributed by atoms with van der Waals surface area (Å²) < 4.78 is 5.74. The molecule has 4 nitrogen and oxygen atoms in total. The molecule has 1 aliphatic heterocycles. The number of aryl methyl sites for hydroxylation is 1. The molecule has 122 valence electrons. The maximum absolute atomic E-state index is 12.6. The molecule has 4 heteroatoms. The van der Waals surface area contributed by atoms with E-state index in [1.54, 1.807) is 0 Å². The maximum Gasteiger partial charge on any atom is 0.251 e. The summed E-state index contributed by atoms with van der Waals surface area (Å²) in [5.74, 6) is 0.0925. The SMILES string of the molecule is CCC(Cc1ccc(C)cc1)N(C)C(=O)[C@@H]1CC[C@H](CN)O1. The molecule has 22 heavy (non-hydrogen) atoms. The van der Waals surface area contributed by atoms with Crippen molar-refractivity contribution in [3.05, 3.63) is 35.4 Å². The molecule has 1 heterocycles. The van der Waals surface area contributed by atoms with Gasteiger partial charge in [0.2, 0.25) is 0 Å². The summed E-state index contributed by atoms with van der Waals surface area (Å²) in [5.41, 5.74) is 8.15. The minimum absolute atomic E-state index is 0.0412. The normalized spacial score (nSPS) is 22.5. The average molecular weight is 304 g/mol. The van der Waals surface area contributed by atoms with E-state index in [0.29, 0.717) is 6.54 Å². The summed E-state index contributed by atoms with van der Waals surface area (Å²) in [6, 6.07) is 8.74. The topological polar surface area (TPSA) is 55.6 Å². The number of likely N-dealkylation sites (N-methyl/N-ethyl adjacent to an activating group) is 1. The second-order valence-electron chi connectivity index (χ2n) is 6.26. The van der Waals surface area contributed by atoms with Gasteiger partial charge in [0.05, 0.1) is 6.10 Å². The highest BCUT2D eigenvalue weighted by atomic mass is 16.5. The molecular weight excluding hydrogens is 276 g/mol. The molecule has 1 unspecified atom stereocenters. The second kappa shape index (κ2) is 7.75. The van der Waals surface area contributed by atoms with E-state index < -0.39 is 0 Å². The lowest BCUT2D eigenvalue weighted by Gasteiger charge is -2.29. The monoisotopic (exact) mass is 304 g/mol. The number of nitrogens with two attached hydrogens (primary N) is 1. The van der Waals surface area contributed by atoms with Crippen LogP contribution in [0.2, 0.25) is 0 Å². The Balaban J connectivity index is 1.97. The fourth-order valence-electron chi connectivity index (χ4n) is 3.02. The first-order chi connectivity index (χ1) is 10.5. The van der Waals surface area contributed by atoms with Crippen LogP contribution in [-0.2, 0) is 16.0 Å². The van der Waals surface area contributed by atoms with Gasteiger partial charge in [-0.2, -0.15) is 0 Å². The Morgan fingerprint density at radius 1 is 1.36 bits per heavy atom. The average Bonchev–Trinajstić information content (AvgIpc) is 3.02. The third-order valence-electron chi connectivity index (χ3n) is 4.60. The van der Waals surface area contributed by atoms with Crippen molar-refractivity contribution in [3.8, 4) is 0 Å². The Kier molecular flexibility index (Phi) is 5.98. The van der Waals surface area contributed by atoms with Crippen LogP contribution >= 0.6 is 0 Å². The first-order valence-corrected chi connectivity index (χ1v) is 8.22. The third kappa shape index (κ3) is 4.08. The smallest absolute Gasteiger partial charge is 0.251 e. The highest BCUT2D eigenvalue weighted by Gasteiger charge is 2.33. The molecule has 3 atom stereocenters. The summed E-state index contributed by atoms with van der Waals surface area (Å²) in [6.07, 6.45) is 3.21. The van der Waals surface area contributed by atoms with Crippen LogP contribution in [0.25, 0.3) is 0 Å². The van der Waals surface area contributed by atoms with E-state index >= 15 is 0 Å². The van der Waals surface area contributed by atoms with Crippen LogP contribution in [0.15, 0.2) is 24.3 Å². The number of hydrogen-bond donors (Lipinski definition) is 1. The summed E-state index contributed by atoms with van der Waals surface area (Å²) in [4.78, 5) is 14.5. The largest absolute Gasteiger partial charge is 0.364 e. The minimum Gasteiger partial charge on any atom is -0.364 e. The van der Waals surface area contributed by atoms with Crippen LogP contribution < -0.4 is 5.73 Å². The molecule has 0 spiro atoms. The lowest BCUT2D eigenvalue weighted by Crippen LogP contribution is -2.44. The highest BCUT2D eigenvalue weighted by Crippen LogP contribution is 2.22. The third-order valence-corrected chi connectivity index (χ3v) is 4.60. The van der Waals surface area contributed by atoms with Crippen molar-refractivity contribution in [2.45, 2.75) is 57.8 Å². The van der Waals surface area contributed by atoms with Crippen LogP contribution in [0.5, 0.6) is 0 Å². The molecule has 0 saturated carbocycles. The fourth-order valence-corrected chi connectivity index (χ4v) is 3.02. The highest BCUT2D eigenvalue weighted by molar-refractivity contribution is 5.81. The van der Waals surface area contributed by atoms with Gasteiger partial charge >= 0.3 is 0 Å². The number of carbonyl (C=O) groups is 1. The quantitative estimate of drug-likeness (QED) is 0.877. The van der Waals surface area contributed by atoms with Crippen LogP contribution in [0, 0.1) is 6.92 Å². The number of rotatable bonds is 6. The van der Waals surface area contributed by atoms with Gasteiger partial charge in [-0.1, -0.05) is 36.8 Å². The van der Waals surface area contributed by atoms with Crippen molar-refractivity contribution in [3.63, 3.8) is 0 Å². The fraction of sp³-hybridized carbons (Fsp3) is 0.611. The van der Waals surface area contributed by atoms with E-state index in [0.717, 1.165) is 25.7 Å². The number of nitrogens with zero attached hydrogens (tertiary/aromatic N) is 1. The zero-order chi connectivity index (χ0) is 16.1. The Labute approximate surface area is 133 Å². The van der Waals surface area contributed by atoms with E-state index in [1.807, 2.05) is 11.9 Å². The first-order valence-electron chi connectivity index (χ1n) is 8.22. The van der Waals surface area contributed by atoms with Gasteiger partial charge in [0.1, 0.15) is 6.10 Å². The van der Waals surface area contributed by atoms with E-state index in [1.165, 1.54) is 11.1 Å². The number of benzene rings is 1. The lowest BCUT2D eigenvalue weighted by atomic mass is 10.0. The van der Waals surface area contributed by atoms with Crippen molar-refractivity contribution < 1.29 is 9.53 Å². The van der Waals surface area contributed by atoms with Crippen molar-refractivity contribution >= 4 is 5.91 Å². The van der Waals surface area contributed by atoms with Gasteiger partial charge in [-0.05, 0) is 38.2 Å². The molecule has 1 fully saturated rings. The minimum atomic E-state index is -0.314. The Bertz CT molecular complexity index is 486. The second-order valence-corrected chi connectivity index (χ2v) is 6.26. The standard InChI is InChI=1S/C18H28N2O2/c1-4-15(11-14-7-5-13(2)6-8-14)20(3)18(21)17-10-9-16(12-19)22-17/h5-8,15-17H,4,9-12,19H2,1-3H3/t15?,16-,17+/m1/s1. The van der Waals surface area contributed by atoms with E-state index in [-0.39, 0.29) is 24.2 Å². The molecular formula is C18H28N2O2. The predicted octanol–water partition coefficient (Wildman–Crippen LogP) is 2.28. The van der Waals surface area contributed by atoms with Gasteiger partial charge in [0.25, 0.3) is 5.91 Å². The molecule has 1 saturated heterocycles. The van der Waals surface area contributed by atoms with Crippen molar-refractivity contribution in [2.75, 3.05) is 13.6 Å². The van der Waals surface area contributed by atoms with Gasteiger partial charge in [0.15, 0.2) is 0 Å². The summed E-state index contributed by atoms with van der Waals surface area (Å²) in [7, 11) is 1.89. The predicted molar refractivity (Wildman–Crippen MR) is 88.7 cm³/mol. The van der Waals surface area contributed by atoms with Crippen LogP contribution in [0.3, 0.4) is 0 Å². The zero-order valence-electron chi connectivity index (χ0n) is 13.9. The van der Waals surface area contributed by atoms with Crippen molar-refractivity contribution in [1.29, 1.82) is 0 Å². The number of amides is 1. The van der Waals surface area contributed by atoms with Crippen LogP contribution in [0.1, 0.15) is 37.3 Å². The summed E-state index contributed by atoms with van der Waals surface area (Å²) >= 11 is 0. The maximum atomic E-state index is 12.6. The van der Waals surface area contributed by atoms with Gasteiger partial charge in [0, 0.05) is 19.6 Å². The molecule has 2 rings (SSSR count). The molecule has 1 aromatic carbocycles. The van der Waals surface area contributed by atoms with E-state index in [4.69, 9.17) is 10.5 Å². The van der Waals surface area contributed by atoms with Crippen LogP contribution in [-0.4, -0.2) is 42.6 Å². The molecule has 0 radical (unpaired) electrons. The molecule has 0 aromatic heterocycles. The van der Waals surface area contributed by atoms with Gasteiger partial charge in [-0.25, -0.2) is 0 Å². The molecule has 0 aliphatic carbocycles.